The predicted octanol–water partition coefficient (Wildman–Crippen LogP) is 4.35. The summed E-state index contributed by atoms with van der Waals surface area (Å²) in [6.45, 7) is -0.191. The van der Waals surface area contributed by atoms with Crippen molar-refractivity contribution in [2.24, 2.45) is 0 Å². The van der Waals surface area contributed by atoms with Gasteiger partial charge in [0.15, 0.2) is 0 Å². The summed E-state index contributed by atoms with van der Waals surface area (Å²) in [6, 6.07) is 15.4. The number of rotatable bonds is 5. The molecule has 1 aromatic heterocycles. The van der Waals surface area contributed by atoms with Crippen LogP contribution in [0.5, 0.6) is 5.75 Å². The van der Waals surface area contributed by atoms with Gasteiger partial charge in [0.25, 0.3) is 5.91 Å². The Hall–Kier alpha value is -2.76. The minimum absolute atomic E-state index is 0.191. The van der Waals surface area contributed by atoms with E-state index in [9.17, 15) is 4.79 Å². The van der Waals surface area contributed by atoms with Crippen molar-refractivity contribution in [1.29, 1.82) is 0 Å². The molecule has 3 rings (SSSR count). The fourth-order valence-electron chi connectivity index (χ4n) is 2.37. The minimum atomic E-state index is -0.261. The van der Waals surface area contributed by atoms with Gasteiger partial charge in [0, 0.05) is 16.8 Å². The number of nitrogens with one attached hydrogen (secondary N) is 1. The number of aliphatic hydroxyl groups is 1. The van der Waals surface area contributed by atoms with Gasteiger partial charge in [-0.2, -0.15) is 0 Å². The molecule has 2 N–H and O–H groups in total. The molecule has 25 heavy (non-hydrogen) atoms. The first-order valence-electron chi connectivity index (χ1n) is 7.55. The zero-order valence-electron chi connectivity index (χ0n) is 13.5. The quantitative estimate of drug-likeness (QED) is 0.712. The molecule has 0 fully saturated rings. The highest BCUT2D eigenvalue weighted by molar-refractivity contribution is 6.33. The highest BCUT2D eigenvalue weighted by Gasteiger charge is 2.12. The van der Waals surface area contributed by atoms with Gasteiger partial charge in [0.2, 0.25) is 0 Å². The summed E-state index contributed by atoms with van der Waals surface area (Å²) in [5, 5.41) is 12.4. The van der Waals surface area contributed by atoms with Crippen LogP contribution in [0.2, 0.25) is 5.02 Å². The van der Waals surface area contributed by atoms with Crippen molar-refractivity contribution in [3.63, 3.8) is 0 Å². The largest absolute Gasteiger partial charge is 0.497 e. The Labute approximate surface area is 149 Å². The Morgan fingerprint density at radius 2 is 2.04 bits per heavy atom. The maximum Gasteiger partial charge on any atom is 0.255 e. The van der Waals surface area contributed by atoms with Crippen LogP contribution in [0.25, 0.3) is 11.3 Å². The third-order valence-corrected chi connectivity index (χ3v) is 3.97. The molecule has 5 nitrogen and oxygen atoms in total. The summed E-state index contributed by atoms with van der Waals surface area (Å²) >= 11 is 6.22. The number of aliphatic hydroxyl groups excluding tert-OH is 1. The van der Waals surface area contributed by atoms with Crippen LogP contribution in [0, 0.1) is 0 Å². The van der Waals surface area contributed by atoms with Crippen LogP contribution >= 0.6 is 11.6 Å². The van der Waals surface area contributed by atoms with Gasteiger partial charge < -0.3 is 19.6 Å². The summed E-state index contributed by atoms with van der Waals surface area (Å²) in [6.07, 6.45) is 0. The van der Waals surface area contributed by atoms with Crippen molar-refractivity contribution >= 4 is 23.2 Å². The molecule has 128 valence electrons. The average Bonchev–Trinajstić information content (AvgIpc) is 3.12. The van der Waals surface area contributed by atoms with E-state index in [1.54, 1.807) is 61.7 Å². The van der Waals surface area contributed by atoms with Gasteiger partial charge >= 0.3 is 0 Å². The highest BCUT2D eigenvalue weighted by atomic mass is 35.5. The number of methoxy groups -OCH3 is 1. The molecule has 0 aliphatic carbocycles. The number of furan rings is 1. The zero-order valence-corrected chi connectivity index (χ0v) is 14.2. The van der Waals surface area contributed by atoms with Crippen LogP contribution in [0.4, 0.5) is 5.69 Å². The van der Waals surface area contributed by atoms with Gasteiger partial charge in [-0.1, -0.05) is 17.7 Å². The summed E-state index contributed by atoms with van der Waals surface area (Å²) in [5.74, 6) is 1.31. The zero-order chi connectivity index (χ0) is 17.8. The molecule has 0 atom stereocenters. The SMILES string of the molecule is COc1cccc(C(=O)Nc2ccc(Cl)c(-c3ccc(CO)o3)c2)c1. The number of benzene rings is 2. The summed E-state index contributed by atoms with van der Waals surface area (Å²) in [7, 11) is 1.55. The van der Waals surface area contributed by atoms with E-state index in [0.717, 1.165) is 0 Å². The molecular weight excluding hydrogens is 342 g/mol. The molecular formula is C19H16ClNO4. The maximum atomic E-state index is 12.4. The lowest BCUT2D eigenvalue weighted by atomic mass is 10.1. The van der Waals surface area contributed by atoms with E-state index >= 15 is 0 Å². The standard InChI is InChI=1S/C19H16ClNO4/c1-24-14-4-2-3-12(9-14)19(23)21-13-5-7-17(20)16(10-13)18-8-6-15(11-22)25-18/h2-10,22H,11H2,1H3,(H,21,23). The van der Waals surface area contributed by atoms with Crippen LogP contribution in [0.3, 0.4) is 0 Å². The van der Waals surface area contributed by atoms with E-state index in [1.165, 1.54) is 0 Å². The molecule has 1 heterocycles. The highest BCUT2D eigenvalue weighted by Crippen LogP contribution is 2.32. The van der Waals surface area contributed by atoms with Crippen molar-refractivity contribution in [1.82, 2.24) is 0 Å². The molecule has 0 bridgehead atoms. The van der Waals surface area contributed by atoms with Crippen LogP contribution in [0.1, 0.15) is 16.1 Å². The maximum absolute atomic E-state index is 12.4. The Balaban J connectivity index is 1.85. The fraction of sp³-hybridized carbons (Fsp3) is 0.105. The van der Waals surface area contributed by atoms with Crippen molar-refractivity contribution < 1.29 is 19.1 Å². The third kappa shape index (κ3) is 3.84. The lowest BCUT2D eigenvalue weighted by molar-refractivity contribution is 0.102. The Morgan fingerprint density at radius 3 is 2.76 bits per heavy atom. The normalized spacial score (nSPS) is 10.5. The first kappa shape index (κ1) is 17.1. The number of hydrogen-bond donors (Lipinski definition) is 2. The number of ether oxygens (including phenoxy) is 1. The molecule has 2 aromatic carbocycles. The lowest BCUT2D eigenvalue weighted by Crippen LogP contribution is -2.11. The minimum Gasteiger partial charge on any atom is -0.497 e. The number of anilines is 1. The summed E-state index contributed by atoms with van der Waals surface area (Å²) in [4.78, 5) is 12.4. The second kappa shape index (κ2) is 7.42. The van der Waals surface area contributed by atoms with Gasteiger partial charge in [0.05, 0.1) is 12.1 Å². The molecule has 0 spiro atoms. The fourth-order valence-corrected chi connectivity index (χ4v) is 2.58. The monoisotopic (exact) mass is 357 g/mol. The van der Waals surface area contributed by atoms with E-state index in [4.69, 9.17) is 25.9 Å². The van der Waals surface area contributed by atoms with Crippen LogP contribution < -0.4 is 10.1 Å². The average molecular weight is 358 g/mol. The Kier molecular flexibility index (Phi) is 5.07. The van der Waals surface area contributed by atoms with Gasteiger partial charge in [-0.05, 0) is 48.5 Å². The van der Waals surface area contributed by atoms with Crippen molar-refractivity contribution in [2.75, 3.05) is 12.4 Å². The smallest absolute Gasteiger partial charge is 0.255 e. The van der Waals surface area contributed by atoms with Crippen molar-refractivity contribution in [3.8, 4) is 17.1 Å². The van der Waals surface area contributed by atoms with Gasteiger partial charge in [-0.25, -0.2) is 0 Å². The number of carbonyl (C=O) groups is 1. The van der Waals surface area contributed by atoms with Crippen molar-refractivity contribution in [2.45, 2.75) is 6.61 Å². The summed E-state index contributed by atoms with van der Waals surface area (Å²) < 4.78 is 10.6. The first-order valence-corrected chi connectivity index (χ1v) is 7.93. The summed E-state index contributed by atoms with van der Waals surface area (Å²) in [5.41, 5.74) is 1.69. The number of hydrogen-bond acceptors (Lipinski definition) is 4. The number of halogens is 1. The Bertz CT molecular complexity index is 904. The molecule has 6 heteroatoms. The van der Waals surface area contributed by atoms with E-state index in [1.807, 2.05) is 0 Å². The van der Waals surface area contributed by atoms with Crippen molar-refractivity contribution in [3.05, 3.63) is 70.9 Å². The van der Waals surface area contributed by atoms with Gasteiger partial charge in [0.1, 0.15) is 23.9 Å². The Morgan fingerprint density at radius 1 is 1.20 bits per heavy atom. The molecule has 0 aliphatic heterocycles. The second-order valence-electron chi connectivity index (χ2n) is 5.30. The molecule has 0 aliphatic rings. The van der Waals surface area contributed by atoms with Crippen LogP contribution in [-0.2, 0) is 6.61 Å². The number of amides is 1. The molecule has 3 aromatic rings. The van der Waals surface area contributed by atoms with E-state index in [-0.39, 0.29) is 12.5 Å². The predicted molar refractivity (Wildman–Crippen MR) is 96.0 cm³/mol. The lowest BCUT2D eigenvalue weighted by Gasteiger charge is -2.09. The second-order valence-corrected chi connectivity index (χ2v) is 5.71. The van der Waals surface area contributed by atoms with Gasteiger partial charge in [-0.3, -0.25) is 4.79 Å². The molecule has 0 radical (unpaired) electrons. The molecule has 0 saturated carbocycles. The van der Waals surface area contributed by atoms with Gasteiger partial charge in [-0.15, -0.1) is 0 Å². The third-order valence-electron chi connectivity index (χ3n) is 3.64. The topological polar surface area (TPSA) is 71.7 Å². The van der Waals surface area contributed by atoms with E-state index in [0.29, 0.717) is 39.1 Å². The first-order chi connectivity index (χ1) is 12.1. The molecule has 1 amide bonds. The molecule has 0 unspecified atom stereocenters. The molecule has 0 saturated heterocycles. The van der Waals surface area contributed by atoms with Crippen LogP contribution in [-0.4, -0.2) is 18.1 Å². The van der Waals surface area contributed by atoms with E-state index in [2.05, 4.69) is 5.32 Å². The number of carbonyl (C=O) groups excluding carboxylic acids is 1. The van der Waals surface area contributed by atoms with Crippen LogP contribution in [0.15, 0.2) is 59.0 Å². The van der Waals surface area contributed by atoms with E-state index < -0.39 is 0 Å².